The SMILES string of the molecule is [AlH3].[Cr].[Ta].[Y]. The van der Waals surface area contributed by atoms with Gasteiger partial charge in [0.05, 0.1) is 0 Å². The van der Waals surface area contributed by atoms with E-state index in [4.69, 9.17) is 0 Å². The van der Waals surface area contributed by atoms with Crippen LogP contribution in [-0.4, -0.2) is 17.4 Å². The molecule has 0 atom stereocenters. The van der Waals surface area contributed by atoms with Gasteiger partial charge in [0, 0.05) is 72.5 Å². The summed E-state index contributed by atoms with van der Waals surface area (Å²) in [6.07, 6.45) is 0. The molecule has 2 radical (unpaired) electrons. The fraction of sp³-hybridized carbons (Fsp3) is 0. The van der Waals surface area contributed by atoms with Crippen molar-refractivity contribution in [3.8, 4) is 0 Å². The summed E-state index contributed by atoms with van der Waals surface area (Å²) in [6.45, 7) is 0. The topological polar surface area (TPSA) is 0 Å². The molecule has 0 aromatic heterocycles. The van der Waals surface area contributed by atoms with Crippen molar-refractivity contribution < 1.29 is 72.5 Å². The summed E-state index contributed by atoms with van der Waals surface area (Å²) in [6, 6.07) is 0. The summed E-state index contributed by atoms with van der Waals surface area (Å²) < 4.78 is 0. The van der Waals surface area contributed by atoms with Crippen LogP contribution in [0.1, 0.15) is 0 Å². The van der Waals surface area contributed by atoms with E-state index in [0.29, 0.717) is 0 Å². The summed E-state index contributed by atoms with van der Waals surface area (Å²) in [5, 5.41) is 0. The molecule has 0 aliphatic rings. The van der Waals surface area contributed by atoms with Crippen LogP contribution in [0, 0.1) is 0 Å². The second-order valence-electron chi connectivity index (χ2n) is 0. The Morgan fingerprint density at radius 1 is 1.00 bits per heavy atom. The molecule has 0 unspecified atom stereocenters. The Bertz CT molecular complexity index is 8.00. The van der Waals surface area contributed by atoms with E-state index in [9.17, 15) is 0 Å². The molecule has 0 spiro atoms. The van der Waals surface area contributed by atoms with Crippen LogP contribution in [0.2, 0.25) is 0 Å². The molecule has 20 valence electrons. The molecule has 0 aromatic rings. The van der Waals surface area contributed by atoms with Gasteiger partial charge in [0.1, 0.15) is 0 Å². The van der Waals surface area contributed by atoms with Crippen molar-refractivity contribution in [2.75, 3.05) is 0 Å². The van der Waals surface area contributed by atoms with E-state index in [1.54, 1.807) is 0 Å². The van der Waals surface area contributed by atoms with Gasteiger partial charge < -0.3 is 0 Å². The Labute approximate surface area is 88.1 Å². The van der Waals surface area contributed by atoms with Gasteiger partial charge in [0.2, 0.25) is 0 Å². The zero-order valence-electron chi connectivity index (χ0n) is 1.43. The van der Waals surface area contributed by atoms with Crippen molar-refractivity contribution >= 4 is 17.4 Å². The van der Waals surface area contributed by atoms with Crippen LogP contribution >= 0.6 is 0 Å². The molecular weight excluding hydrogens is 349 g/mol. The van der Waals surface area contributed by atoms with E-state index >= 15 is 0 Å². The molecule has 0 aromatic carbocycles. The largest absolute Gasteiger partial charge is 0.187 e. The van der Waals surface area contributed by atoms with Crippen LogP contribution in [0.25, 0.3) is 0 Å². The molecule has 0 N–H and O–H groups in total. The van der Waals surface area contributed by atoms with Crippen LogP contribution in [0.3, 0.4) is 0 Å². The molecule has 4 heavy (non-hydrogen) atoms. The number of hydrogen-bond donors (Lipinski definition) is 0. The fourth-order valence-electron chi connectivity index (χ4n) is 0. The maximum atomic E-state index is 0. The van der Waals surface area contributed by atoms with E-state index in [0.717, 1.165) is 0 Å². The Balaban J connectivity index is 0. The minimum absolute atomic E-state index is 0. The molecule has 0 nitrogen and oxygen atoms in total. The summed E-state index contributed by atoms with van der Waals surface area (Å²) >= 11 is 0. The van der Waals surface area contributed by atoms with E-state index in [1.807, 2.05) is 0 Å². The van der Waals surface area contributed by atoms with E-state index in [-0.39, 0.29) is 89.8 Å². The van der Waals surface area contributed by atoms with Gasteiger partial charge >= 0.3 is 0 Å². The van der Waals surface area contributed by atoms with Crippen molar-refractivity contribution in [3.05, 3.63) is 0 Å². The molecule has 0 aliphatic heterocycles. The standard InChI is InChI=1S/Al.Cr.Ta.Y.3H. The third kappa shape index (κ3) is 8.86. The first-order valence-corrected chi connectivity index (χ1v) is 0. The molecule has 0 bridgehead atoms. The van der Waals surface area contributed by atoms with Gasteiger partial charge in [-0.2, -0.15) is 0 Å². The fourth-order valence-corrected chi connectivity index (χ4v) is 0. The van der Waals surface area contributed by atoms with Gasteiger partial charge in [0.25, 0.3) is 0 Å². The van der Waals surface area contributed by atoms with Crippen LogP contribution in [0.4, 0.5) is 0 Å². The van der Waals surface area contributed by atoms with Gasteiger partial charge in [-0.1, -0.05) is 0 Å². The van der Waals surface area contributed by atoms with Gasteiger partial charge in [-0.15, -0.1) is 0 Å². The quantitative estimate of drug-likeness (QED) is 0.481. The van der Waals surface area contributed by atoms with Crippen molar-refractivity contribution in [3.63, 3.8) is 0 Å². The molecule has 0 aliphatic carbocycles. The summed E-state index contributed by atoms with van der Waals surface area (Å²) in [5.41, 5.74) is 0. The maximum absolute atomic E-state index is 0. The molecule has 0 saturated carbocycles. The average molecular weight is 352 g/mol. The van der Waals surface area contributed by atoms with Crippen LogP contribution in [-0.2, 0) is 72.5 Å². The van der Waals surface area contributed by atoms with Crippen molar-refractivity contribution in [1.82, 2.24) is 0 Å². The Morgan fingerprint density at radius 2 is 1.00 bits per heavy atom. The molecule has 4 heteroatoms. The van der Waals surface area contributed by atoms with Crippen molar-refractivity contribution in [1.29, 1.82) is 0 Å². The van der Waals surface area contributed by atoms with Gasteiger partial charge in [0.15, 0.2) is 17.4 Å². The molecule has 0 heterocycles. The summed E-state index contributed by atoms with van der Waals surface area (Å²) in [4.78, 5) is 0. The smallest absolute Gasteiger partial charge is 0 e. The van der Waals surface area contributed by atoms with E-state index in [2.05, 4.69) is 0 Å². The summed E-state index contributed by atoms with van der Waals surface area (Å²) in [5.74, 6) is 0. The Morgan fingerprint density at radius 3 is 1.00 bits per heavy atom. The monoisotopic (exact) mass is 352 g/mol. The van der Waals surface area contributed by atoms with Crippen LogP contribution in [0.5, 0.6) is 0 Å². The molecule has 0 saturated heterocycles. The van der Waals surface area contributed by atoms with Crippen LogP contribution in [0.15, 0.2) is 0 Å². The summed E-state index contributed by atoms with van der Waals surface area (Å²) in [7, 11) is 0. The molecule has 0 fully saturated rings. The first-order chi connectivity index (χ1) is 0. The normalized spacial score (nSPS) is 0. The minimum atomic E-state index is 0. The third-order valence-electron chi connectivity index (χ3n) is 0. The Kier molecular flexibility index (Phi) is 120. The first kappa shape index (κ1) is 28.5. The van der Waals surface area contributed by atoms with Gasteiger partial charge in [-0.3, -0.25) is 0 Å². The zero-order chi connectivity index (χ0) is 0. The predicted molar refractivity (Wildman–Crippen MR) is 9.94 cm³/mol. The molecule has 0 amide bonds. The van der Waals surface area contributed by atoms with Crippen molar-refractivity contribution in [2.24, 2.45) is 0 Å². The second-order valence-corrected chi connectivity index (χ2v) is 0. The van der Waals surface area contributed by atoms with Gasteiger partial charge in [-0.05, 0) is 0 Å². The predicted octanol–water partition coefficient (Wildman–Crippen LogP) is -1.19. The number of hydrogen-bond acceptors (Lipinski definition) is 0. The Hall–Kier alpha value is 2.91. The minimum Gasteiger partial charge on any atom is 0 e. The third-order valence-corrected chi connectivity index (χ3v) is 0. The zero-order valence-corrected chi connectivity index (χ0v) is 8.76. The number of rotatable bonds is 0. The van der Waals surface area contributed by atoms with Crippen molar-refractivity contribution in [2.45, 2.75) is 0 Å². The maximum Gasteiger partial charge on any atom is 0.187 e. The van der Waals surface area contributed by atoms with E-state index < -0.39 is 0 Å². The molecular formula is H3AlCrTaY. The first-order valence-electron chi connectivity index (χ1n) is 0. The van der Waals surface area contributed by atoms with Gasteiger partial charge in [-0.25, -0.2) is 0 Å². The molecule has 0 rings (SSSR count). The average Bonchev–Trinajstić information content (AvgIpc) is 0. The second kappa shape index (κ2) is 16.8. The van der Waals surface area contributed by atoms with Crippen LogP contribution < -0.4 is 0 Å². The van der Waals surface area contributed by atoms with E-state index in [1.165, 1.54) is 0 Å².